The van der Waals surface area contributed by atoms with Gasteiger partial charge in [-0.1, -0.05) is 26.0 Å². The van der Waals surface area contributed by atoms with Gasteiger partial charge in [0.25, 0.3) is 0 Å². The summed E-state index contributed by atoms with van der Waals surface area (Å²) in [5.41, 5.74) is 0. The van der Waals surface area contributed by atoms with Gasteiger partial charge in [-0.2, -0.15) is 0 Å². The first-order chi connectivity index (χ1) is 15.2. The van der Waals surface area contributed by atoms with Crippen molar-refractivity contribution in [2.75, 3.05) is 13.1 Å². The molecule has 0 bridgehead atoms. The zero-order chi connectivity index (χ0) is 24.5. The molecule has 5 N–H and O–H groups in total. The number of hydrogen-bond donors (Lipinski definition) is 5. The number of nitrogens with one attached hydrogen (secondary N) is 3. The van der Waals surface area contributed by atoms with E-state index in [1.165, 1.54) is 6.92 Å². The number of β-amino-alcohol motifs (C(OH)–C–C–N with tert-alkyl or cyclic N) is 1. The van der Waals surface area contributed by atoms with Crippen molar-refractivity contribution in [3.8, 4) is 0 Å². The Bertz CT molecular complexity index is 623. The SMILES string of the molecule is C/C=C/CC(CC(=O)O)CC(=O)NCCCCC(NC(=O)[C@H]1CC(O)CN1)C(C)=O.CC. The Balaban J connectivity index is 0.00000466. The highest BCUT2D eigenvalue weighted by molar-refractivity contribution is 5.89. The molecule has 1 saturated heterocycles. The van der Waals surface area contributed by atoms with Crippen molar-refractivity contribution in [1.29, 1.82) is 0 Å². The van der Waals surface area contributed by atoms with Gasteiger partial charge in [-0.15, -0.1) is 0 Å². The summed E-state index contributed by atoms with van der Waals surface area (Å²) in [7, 11) is 0. The van der Waals surface area contributed by atoms with Gasteiger partial charge in [0.1, 0.15) is 0 Å². The van der Waals surface area contributed by atoms with E-state index in [9.17, 15) is 24.3 Å². The Morgan fingerprint density at radius 3 is 2.38 bits per heavy atom. The lowest BCUT2D eigenvalue weighted by Crippen LogP contribution is -2.47. The molecule has 3 unspecified atom stereocenters. The molecule has 32 heavy (non-hydrogen) atoms. The Morgan fingerprint density at radius 1 is 1.16 bits per heavy atom. The van der Waals surface area contributed by atoms with E-state index < -0.39 is 24.2 Å². The van der Waals surface area contributed by atoms with Crippen LogP contribution < -0.4 is 16.0 Å². The molecule has 9 heteroatoms. The van der Waals surface area contributed by atoms with Gasteiger partial charge in [0.15, 0.2) is 5.78 Å². The third kappa shape index (κ3) is 13.2. The van der Waals surface area contributed by atoms with Crippen LogP contribution in [-0.2, 0) is 19.2 Å². The predicted octanol–water partition coefficient (Wildman–Crippen LogP) is 1.54. The monoisotopic (exact) mass is 455 g/mol. The number of hydrogen-bond acceptors (Lipinski definition) is 6. The molecule has 0 radical (unpaired) electrons. The van der Waals surface area contributed by atoms with E-state index in [-0.39, 0.29) is 36.4 Å². The van der Waals surface area contributed by atoms with Gasteiger partial charge in [0.05, 0.1) is 18.2 Å². The summed E-state index contributed by atoms with van der Waals surface area (Å²) in [4.78, 5) is 47.0. The number of unbranched alkanes of at least 4 members (excludes halogenated alkanes) is 1. The van der Waals surface area contributed by atoms with E-state index in [1.54, 1.807) is 0 Å². The van der Waals surface area contributed by atoms with E-state index in [0.29, 0.717) is 45.2 Å². The van der Waals surface area contributed by atoms with Gasteiger partial charge in [-0.25, -0.2) is 0 Å². The van der Waals surface area contributed by atoms with Crippen LogP contribution in [-0.4, -0.2) is 65.1 Å². The zero-order valence-corrected chi connectivity index (χ0v) is 19.9. The second-order valence-electron chi connectivity index (χ2n) is 7.84. The van der Waals surface area contributed by atoms with Crippen molar-refractivity contribution in [3.05, 3.63) is 12.2 Å². The minimum atomic E-state index is -0.920. The molecule has 1 fully saturated rings. The van der Waals surface area contributed by atoms with Crippen LogP contribution in [0.15, 0.2) is 12.2 Å². The number of Topliss-reactive ketones (excluding diaryl/α,β-unsaturated/α-hetero) is 1. The number of carbonyl (C=O) groups is 4. The van der Waals surface area contributed by atoms with E-state index >= 15 is 0 Å². The number of carboxylic acids is 1. The number of aliphatic carboxylic acids is 1. The highest BCUT2D eigenvalue weighted by Crippen LogP contribution is 2.14. The van der Waals surface area contributed by atoms with Crippen LogP contribution >= 0.6 is 0 Å². The third-order valence-electron chi connectivity index (χ3n) is 5.12. The molecular weight excluding hydrogens is 414 g/mol. The molecule has 1 aliphatic rings. The summed E-state index contributed by atoms with van der Waals surface area (Å²) in [5.74, 6) is -1.76. The number of carbonyl (C=O) groups excluding carboxylic acids is 3. The van der Waals surface area contributed by atoms with Gasteiger partial charge < -0.3 is 26.2 Å². The molecule has 0 spiro atoms. The summed E-state index contributed by atoms with van der Waals surface area (Å²) < 4.78 is 0. The quantitative estimate of drug-likeness (QED) is 0.197. The average molecular weight is 456 g/mol. The van der Waals surface area contributed by atoms with Gasteiger partial charge in [-0.05, 0) is 51.9 Å². The summed E-state index contributed by atoms with van der Waals surface area (Å²) in [6.07, 6.45) is 5.88. The van der Waals surface area contributed by atoms with Crippen LogP contribution in [0.1, 0.15) is 72.6 Å². The Kier molecular flexibility index (Phi) is 16.1. The van der Waals surface area contributed by atoms with Gasteiger partial charge in [0.2, 0.25) is 11.8 Å². The molecule has 0 aromatic heterocycles. The smallest absolute Gasteiger partial charge is 0.303 e. The van der Waals surface area contributed by atoms with E-state index in [1.807, 2.05) is 32.9 Å². The van der Waals surface area contributed by atoms with Crippen molar-refractivity contribution in [2.45, 2.75) is 90.8 Å². The second-order valence-corrected chi connectivity index (χ2v) is 7.84. The largest absolute Gasteiger partial charge is 0.481 e. The fourth-order valence-corrected chi connectivity index (χ4v) is 3.42. The molecule has 0 aromatic rings. The molecule has 0 saturated carbocycles. The van der Waals surface area contributed by atoms with E-state index in [2.05, 4.69) is 16.0 Å². The number of rotatable bonds is 14. The Labute approximate surface area is 191 Å². The topological polar surface area (TPSA) is 145 Å². The minimum Gasteiger partial charge on any atom is -0.481 e. The van der Waals surface area contributed by atoms with E-state index in [0.717, 1.165) is 0 Å². The molecule has 0 aliphatic carbocycles. The fraction of sp³-hybridized carbons (Fsp3) is 0.739. The zero-order valence-electron chi connectivity index (χ0n) is 19.9. The van der Waals surface area contributed by atoms with Crippen molar-refractivity contribution in [3.63, 3.8) is 0 Å². The van der Waals surface area contributed by atoms with Gasteiger partial charge in [0, 0.05) is 25.9 Å². The van der Waals surface area contributed by atoms with Gasteiger partial charge in [-0.3, -0.25) is 19.2 Å². The summed E-state index contributed by atoms with van der Waals surface area (Å²) >= 11 is 0. The minimum absolute atomic E-state index is 0.0510. The fourth-order valence-electron chi connectivity index (χ4n) is 3.42. The molecule has 184 valence electrons. The van der Waals surface area contributed by atoms with Crippen LogP contribution in [0.3, 0.4) is 0 Å². The second kappa shape index (κ2) is 17.3. The molecule has 1 rings (SSSR count). The summed E-state index contributed by atoms with van der Waals surface area (Å²) in [6.45, 7) is 8.07. The first kappa shape index (κ1) is 29.7. The lowest BCUT2D eigenvalue weighted by molar-refractivity contribution is -0.138. The van der Waals surface area contributed by atoms with Crippen LogP contribution in [0.5, 0.6) is 0 Å². The van der Waals surface area contributed by atoms with Crippen LogP contribution in [0.2, 0.25) is 0 Å². The van der Waals surface area contributed by atoms with Crippen LogP contribution in [0.4, 0.5) is 0 Å². The van der Waals surface area contributed by atoms with Crippen LogP contribution in [0, 0.1) is 5.92 Å². The molecular formula is C23H41N3O6. The maximum Gasteiger partial charge on any atom is 0.303 e. The third-order valence-corrected chi connectivity index (χ3v) is 5.12. The maximum absolute atomic E-state index is 12.2. The molecule has 4 atom stereocenters. The molecule has 1 aliphatic heterocycles. The number of aliphatic hydroxyl groups is 1. The predicted molar refractivity (Wildman–Crippen MR) is 123 cm³/mol. The van der Waals surface area contributed by atoms with Gasteiger partial charge >= 0.3 is 5.97 Å². The van der Waals surface area contributed by atoms with Crippen molar-refractivity contribution < 1.29 is 29.4 Å². The van der Waals surface area contributed by atoms with Crippen molar-refractivity contribution in [1.82, 2.24) is 16.0 Å². The van der Waals surface area contributed by atoms with Crippen molar-refractivity contribution in [2.24, 2.45) is 5.92 Å². The lowest BCUT2D eigenvalue weighted by atomic mass is 9.97. The Hall–Kier alpha value is -2.26. The lowest BCUT2D eigenvalue weighted by Gasteiger charge is -2.19. The molecule has 1 heterocycles. The van der Waals surface area contributed by atoms with Crippen LogP contribution in [0.25, 0.3) is 0 Å². The first-order valence-corrected chi connectivity index (χ1v) is 11.5. The normalized spacial score (nSPS) is 19.5. The maximum atomic E-state index is 12.2. The standard InChI is InChI=1S/C21H35N3O6.C2H6/c1-3-4-7-15(11-20(28)29)10-19(27)22-9-6-5-8-17(14(2)25)24-21(30)18-12-16(26)13-23-18;1-2/h3-4,15-18,23,26H,5-13H2,1-2H3,(H,22,27)(H,24,30)(H,28,29);1-2H3/b4-3+;/t15?,16?,17?,18-;/m1./s1. The number of amides is 2. The molecule has 0 aromatic carbocycles. The first-order valence-electron chi connectivity index (χ1n) is 11.5. The molecule has 2 amide bonds. The number of allylic oxidation sites excluding steroid dienone is 2. The summed E-state index contributed by atoms with van der Waals surface area (Å²) in [6, 6.07) is -1.07. The average Bonchev–Trinajstić information content (AvgIpc) is 3.18. The van der Waals surface area contributed by atoms with E-state index in [4.69, 9.17) is 5.11 Å². The summed E-state index contributed by atoms with van der Waals surface area (Å²) in [5, 5.41) is 26.9. The highest BCUT2D eigenvalue weighted by Gasteiger charge is 2.30. The number of aliphatic hydroxyl groups excluding tert-OH is 1. The Morgan fingerprint density at radius 2 is 1.84 bits per heavy atom. The highest BCUT2D eigenvalue weighted by atomic mass is 16.4. The number of carboxylic acid groups (broad SMARTS) is 1. The number of ketones is 1. The molecule has 9 nitrogen and oxygen atoms in total. The van der Waals surface area contributed by atoms with Crippen molar-refractivity contribution >= 4 is 23.6 Å².